The van der Waals surface area contributed by atoms with Crippen LogP contribution in [-0.2, 0) is 4.79 Å². The van der Waals surface area contributed by atoms with Crippen LogP contribution in [0.2, 0.25) is 0 Å². The molecule has 1 aliphatic rings. The Hall–Kier alpha value is -3.81. The van der Waals surface area contributed by atoms with Gasteiger partial charge in [0, 0.05) is 36.6 Å². The second kappa shape index (κ2) is 8.74. The molecule has 0 atom stereocenters. The molecule has 4 aromatic rings. The fraction of sp³-hybridized carbons (Fsp3) is 0.292. The molecule has 3 heterocycles. The van der Waals surface area contributed by atoms with Gasteiger partial charge in [0.1, 0.15) is 11.9 Å². The Kier molecular flexibility index (Phi) is 5.49. The van der Waals surface area contributed by atoms with Crippen LogP contribution in [0.25, 0.3) is 33.8 Å². The monoisotopic (exact) mass is 429 g/mol. The van der Waals surface area contributed by atoms with Crippen LogP contribution in [0.1, 0.15) is 32.1 Å². The standard InChI is InChI=1S/C24H23N5O3/c30-22(31)11-15-5-8-18(9-6-15)32-21-10-7-16(12-25-21)23-26-13-17(14-27-23)24-28-19-3-1-2-4-20(19)29-24/h1-4,7,10,12-15,18H,5-6,8-9,11H2,(H,28,29)(H,30,31). The molecular formula is C24H23N5O3. The molecule has 0 bridgehead atoms. The molecule has 0 aliphatic heterocycles. The van der Waals surface area contributed by atoms with Crippen molar-refractivity contribution in [2.75, 3.05) is 0 Å². The summed E-state index contributed by atoms with van der Waals surface area (Å²) >= 11 is 0. The van der Waals surface area contributed by atoms with Crippen molar-refractivity contribution in [3.05, 3.63) is 55.0 Å². The predicted octanol–water partition coefficient (Wildman–Crippen LogP) is 4.49. The maximum absolute atomic E-state index is 10.9. The van der Waals surface area contributed by atoms with E-state index in [9.17, 15) is 4.79 Å². The molecule has 0 unspecified atom stereocenters. The molecule has 1 fully saturated rings. The Balaban J connectivity index is 1.22. The third kappa shape index (κ3) is 4.44. The Bertz CT molecular complexity index is 1180. The number of aliphatic carboxylic acids is 1. The van der Waals surface area contributed by atoms with Gasteiger partial charge < -0.3 is 14.8 Å². The van der Waals surface area contributed by atoms with Crippen LogP contribution in [0.5, 0.6) is 5.88 Å². The second-order valence-corrected chi connectivity index (χ2v) is 8.14. The predicted molar refractivity (Wildman–Crippen MR) is 119 cm³/mol. The summed E-state index contributed by atoms with van der Waals surface area (Å²) in [6.45, 7) is 0. The van der Waals surface area contributed by atoms with Gasteiger partial charge in [0.05, 0.1) is 16.6 Å². The van der Waals surface area contributed by atoms with Crippen molar-refractivity contribution >= 4 is 17.0 Å². The number of ether oxygens (including phenoxy) is 1. The van der Waals surface area contributed by atoms with Crippen molar-refractivity contribution in [1.82, 2.24) is 24.9 Å². The number of aromatic amines is 1. The molecule has 3 aromatic heterocycles. The molecule has 32 heavy (non-hydrogen) atoms. The van der Waals surface area contributed by atoms with Gasteiger partial charge in [-0.05, 0) is 49.8 Å². The fourth-order valence-electron chi connectivity index (χ4n) is 4.14. The molecule has 8 heteroatoms. The lowest BCUT2D eigenvalue weighted by Gasteiger charge is -2.27. The number of nitrogens with one attached hydrogen (secondary N) is 1. The number of benzene rings is 1. The van der Waals surface area contributed by atoms with E-state index in [0.29, 0.717) is 11.7 Å². The first-order valence-electron chi connectivity index (χ1n) is 10.8. The van der Waals surface area contributed by atoms with Crippen molar-refractivity contribution in [1.29, 1.82) is 0 Å². The van der Waals surface area contributed by atoms with Crippen molar-refractivity contribution in [2.45, 2.75) is 38.2 Å². The normalized spacial score (nSPS) is 18.5. The Morgan fingerprint density at radius 1 is 0.969 bits per heavy atom. The third-order valence-electron chi connectivity index (χ3n) is 5.85. The van der Waals surface area contributed by atoms with E-state index in [0.717, 1.165) is 53.7 Å². The van der Waals surface area contributed by atoms with E-state index in [-0.39, 0.29) is 18.4 Å². The molecule has 8 nitrogen and oxygen atoms in total. The van der Waals surface area contributed by atoms with Crippen molar-refractivity contribution in [2.24, 2.45) is 5.92 Å². The third-order valence-corrected chi connectivity index (χ3v) is 5.85. The highest BCUT2D eigenvalue weighted by Gasteiger charge is 2.24. The van der Waals surface area contributed by atoms with Crippen molar-refractivity contribution < 1.29 is 14.6 Å². The smallest absolute Gasteiger partial charge is 0.303 e. The minimum absolute atomic E-state index is 0.0812. The number of hydrogen-bond donors (Lipinski definition) is 2. The van der Waals surface area contributed by atoms with Gasteiger partial charge in [-0.1, -0.05) is 12.1 Å². The number of para-hydroxylation sites is 2. The maximum atomic E-state index is 10.9. The first-order valence-corrected chi connectivity index (χ1v) is 10.8. The summed E-state index contributed by atoms with van der Waals surface area (Å²) in [5.74, 6) is 1.41. The topological polar surface area (TPSA) is 114 Å². The number of rotatable bonds is 6. The van der Waals surface area contributed by atoms with Gasteiger partial charge in [-0.2, -0.15) is 0 Å². The molecule has 0 spiro atoms. The summed E-state index contributed by atoms with van der Waals surface area (Å²) in [6, 6.07) is 11.6. The summed E-state index contributed by atoms with van der Waals surface area (Å²) in [5, 5.41) is 8.93. The molecule has 1 aliphatic carbocycles. The quantitative estimate of drug-likeness (QED) is 0.464. The zero-order valence-corrected chi connectivity index (χ0v) is 17.4. The number of imidazole rings is 1. The lowest BCUT2D eigenvalue weighted by Crippen LogP contribution is -2.25. The van der Waals surface area contributed by atoms with Gasteiger partial charge in [0.2, 0.25) is 5.88 Å². The van der Waals surface area contributed by atoms with E-state index in [1.807, 2.05) is 36.4 Å². The molecule has 1 saturated carbocycles. The number of H-pyrrole nitrogens is 1. The number of carboxylic acid groups (broad SMARTS) is 1. The number of carbonyl (C=O) groups is 1. The van der Waals surface area contributed by atoms with Gasteiger partial charge in [-0.3, -0.25) is 4.79 Å². The van der Waals surface area contributed by atoms with Crippen LogP contribution >= 0.6 is 0 Å². The Morgan fingerprint density at radius 3 is 2.41 bits per heavy atom. The van der Waals surface area contributed by atoms with Gasteiger partial charge >= 0.3 is 5.97 Å². The largest absolute Gasteiger partial charge is 0.481 e. The minimum atomic E-state index is -0.723. The highest BCUT2D eigenvalue weighted by molar-refractivity contribution is 5.79. The lowest BCUT2D eigenvalue weighted by molar-refractivity contribution is -0.138. The highest BCUT2D eigenvalue weighted by Crippen LogP contribution is 2.29. The molecule has 0 radical (unpaired) electrons. The van der Waals surface area contributed by atoms with Crippen LogP contribution in [-0.4, -0.2) is 42.1 Å². The SMILES string of the molecule is O=C(O)CC1CCC(Oc2ccc(-c3ncc(-c4nc5ccccc5[nH]4)cn3)cn2)CC1. The van der Waals surface area contributed by atoms with Crippen LogP contribution in [0, 0.1) is 5.92 Å². The summed E-state index contributed by atoms with van der Waals surface area (Å²) in [5.41, 5.74) is 3.50. The summed E-state index contributed by atoms with van der Waals surface area (Å²) in [7, 11) is 0. The summed E-state index contributed by atoms with van der Waals surface area (Å²) in [6.07, 6.45) is 9.00. The Morgan fingerprint density at radius 2 is 1.72 bits per heavy atom. The number of carboxylic acids is 1. The highest BCUT2D eigenvalue weighted by atomic mass is 16.5. The maximum Gasteiger partial charge on any atom is 0.303 e. The lowest BCUT2D eigenvalue weighted by atomic mass is 9.85. The van der Waals surface area contributed by atoms with Gasteiger partial charge in [-0.25, -0.2) is 19.9 Å². The van der Waals surface area contributed by atoms with E-state index in [2.05, 4.69) is 24.9 Å². The van der Waals surface area contributed by atoms with Crippen LogP contribution < -0.4 is 4.74 Å². The van der Waals surface area contributed by atoms with Crippen LogP contribution in [0.15, 0.2) is 55.0 Å². The zero-order chi connectivity index (χ0) is 21.9. The van der Waals surface area contributed by atoms with Crippen LogP contribution in [0.3, 0.4) is 0 Å². The van der Waals surface area contributed by atoms with Gasteiger partial charge in [-0.15, -0.1) is 0 Å². The average Bonchev–Trinajstić information content (AvgIpc) is 3.25. The Labute approximate surface area is 184 Å². The molecule has 2 N–H and O–H groups in total. The molecule has 1 aromatic carbocycles. The second-order valence-electron chi connectivity index (χ2n) is 8.14. The molecule has 0 saturated heterocycles. The number of aromatic nitrogens is 5. The molecule has 0 amide bonds. The molecular weight excluding hydrogens is 406 g/mol. The van der Waals surface area contributed by atoms with E-state index < -0.39 is 5.97 Å². The van der Waals surface area contributed by atoms with Crippen molar-refractivity contribution in [3.8, 4) is 28.7 Å². The summed E-state index contributed by atoms with van der Waals surface area (Å²) in [4.78, 5) is 32.1. The number of nitrogens with zero attached hydrogens (tertiary/aromatic N) is 4. The van der Waals surface area contributed by atoms with E-state index in [4.69, 9.17) is 9.84 Å². The molecule has 5 rings (SSSR count). The first kappa shape index (κ1) is 20.1. The van der Waals surface area contributed by atoms with Crippen molar-refractivity contribution in [3.63, 3.8) is 0 Å². The van der Waals surface area contributed by atoms with Crippen LogP contribution in [0.4, 0.5) is 0 Å². The number of fused-ring (bicyclic) bond motifs is 1. The average molecular weight is 429 g/mol. The molecule has 162 valence electrons. The van der Waals surface area contributed by atoms with E-state index in [1.54, 1.807) is 18.6 Å². The summed E-state index contributed by atoms with van der Waals surface area (Å²) < 4.78 is 5.99. The van der Waals surface area contributed by atoms with Gasteiger partial charge in [0.25, 0.3) is 0 Å². The zero-order valence-electron chi connectivity index (χ0n) is 17.4. The van der Waals surface area contributed by atoms with Gasteiger partial charge in [0.15, 0.2) is 5.82 Å². The first-order chi connectivity index (χ1) is 15.6. The number of pyridine rings is 1. The van der Waals surface area contributed by atoms with E-state index in [1.165, 1.54) is 0 Å². The minimum Gasteiger partial charge on any atom is -0.481 e. The van der Waals surface area contributed by atoms with E-state index >= 15 is 0 Å². The number of hydrogen-bond acceptors (Lipinski definition) is 6. The fourth-order valence-corrected chi connectivity index (χ4v) is 4.14.